The number of hydrogen-bond acceptors (Lipinski definition) is 4. The lowest BCUT2D eigenvalue weighted by Crippen LogP contribution is -2.35. The van der Waals surface area contributed by atoms with E-state index in [1.54, 1.807) is 6.92 Å². The number of alkyl halides is 3. The molecule has 1 fully saturated rings. The van der Waals surface area contributed by atoms with E-state index in [1.165, 1.54) is 16.9 Å². The van der Waals surface area contributed by atoms with Gasteiger partial charge in [0.25, 0.3) is 5.91 Å². The number of amides is 1. The van der Waals surface area contributed by atoms with Crippen LogP contribution in [0.15, 0.2) is 54.9 Å². The second-order valence-corrected chi connectivity index (χ2v) is 7.77. The first-order valence-electron chi connectivity index (χ1n) is 10.4. The van der Waals surface area contributed by atoms with Crippen molar-refractivity contribution in [1.29, 1.82) is 0 Å². The number of hydrogen-bond donors (Lipinski definition) is 1. The van der Waals surface area contributed by atoms with Gasteiger partial charge in [0.2, 0.25) is 0 Å². The molecule has 6 nitrogen and oxygen atoms in total. The highest BCUT2D eigenvalue weighted by atomic mass is 19.4. The van der Waals surface area contributed by atoms with Crippen molar-refractivity contribution in [2.45, 2.75) is 32.0 Å². The Labute approximate surface area is 183 Å². The molecule has 2 unspecified atom stereocenters. The largest absolute Gasteiger partial charge is 0.417 e. The molecule has 1 amide bonds. The van der Waals surface area contributed by atoms with E-state index in [0.717, 1.165) is 30.7 Å². The number of carbonyl (C=O) groups excluding carboxylic acids is 1. The van der Waals surface area contributed by atoms with E-state index in [-0.39, 0.29) is 23.7 Å². The molecule has 3 aromatic rings. The van der Waals surface area contributed by atoms with Crippen LogP contribution in [0.5, 0.6) is 0 Å². The molecule has 0 bridgehead atoms. The first kappa shape index (κ1) is 22.0. The van der Waals surface area contributed by atoms with E-state index in [0.29, 0.717) is 24.4 Å². The average Bonchev–Trinajstić information content (AvgIpc) is 3.19. The quantitative estimate of drug-likeness (QED) is 0.630. The summed E-state index contributed by atoms with van der Waals surface area (Å²) in [5.41, 5.74) is 1.09. The van der Waals surface area contributed by atoms with Gasteiger partial charge in [-0.1, -0.05) is 30.3 Å². The zero-order valence-electron chi connectivity index (χ0n) is 17.5. The molecule has 0 spiro atoms. The van der Waals surface area contributed by atoms with Gasteiger partial charge >= 0.3 is 6.18 Å². The minimum Gasteiger partial charge on any atom is -0.373 e. The van der Waals surface area contributed by atoms with E-state index >= 15 is 0 Å². The Morgan fingerprint density at radius 1 is 1.19 bits per heavy atom. The van der Waals surface area contributed by atoms with Crippen molar-refractivity contribution in [3.63, 3.8) is 0 Å². The van der Waals surface area contributed by atoms with Gasteiger partial charge in [-0.3, -0.25) is 4.79 Å². The molecular weight excluding hydrogens is 421 g/mol. The Morgan fingerprint density at radius 3 is 2.66 bits per heavy atom. The summed E-state index contributed by atoms with van der Waals surface area (Å²) in [4.78, 5) is 16.7. The van der Waals surface area contributed by atoms with Gasteiger partial charge in [0.1, 0.15) is 0 Å². The van der Waals surface area contributed by atoms with Crippen LogP contribution >= 0.6 is 0 Å². The lowest BCUT2D eigenvalue weighted by molar-refractivity contribution is -0.137. The average molecular weight is 444 g/mol. The zero-order valence-corrected chi connectivity index (χ0v) is 17.5. The molecule has 4 rings (SSSR count). The predicted molar refractivity (Wildman–Crippen MR) is 111 cm³/mol. The van der Waals surface area contributed by atoms with E-state index in [1.807, 2.05) is 30.3 Å². The second kappa shape index (κ2) is 9.12. The summed E-state index contributed by atoms with van der Waals surface area (Å²) in [5, 5.41) is 7.11. The molecular formula is C23H23F3N4O2. The fourth-order valence-corrected chi connectivity index (χ4v) is 3.93. The van der Waals surface area contributed by atoms with Crippen LogP contribution in [-0.2, 0) is 10.9 Å². The molecule has 3 heterocycles. The van der Waals surface area contributed by atoms with Crippen molar-refractivity contribution in [3.05, 3.63) is 77.2 Å². The molecule has 2 aromatic heterocycles. The maximum absolute atomic E-state index is 12.8. The summed E-state index contributed by atoms with van der Waals surface area (Å²) in [6, 6.07) is 12.1. The molecule has 9 heteroatoms. The maximum Gasteiger partial charge on any atom is 0.417 e. The highest BCUT2D eigenvalue weighted by Crippen LogP contribution is 2.33. The van der Waals surface area contributed by atoms with E-state index in [4.69, 9.17) is 4.74 Å². The first-order chi connectivity index (χ1) is 15.3. The number of pyridine rings is 1. The lowest BCUT2D eigenvalue weighted by atomic mass is 9.89. The molecule has 1 aliphatic heterocycles. The van der Waals surface area contributed by atoms with Crippen LogP contribution in [0.25, 0.3) is 5.82 Å². The minimum atomic E-state index is -4.46. The van der Waals surface area contributed by atoms with Gasteiger partial charge in [-0.25, -0.2) is 9.67 Å². The number of rotatable bonds is 5. The fourth-order valence-electron chi connectivity index (χ4n) is 3.93. The topological polar surface area (TPSA) is 69.0 Å². The van der Waals surface area contributed by atoms with E-state index in [9.17, 15) is 18.0 Å². The van der Waals surface area contributed by atoms with Gasteiger partial charge in [0, 0.05) is 25.3 Å². The van der Waals surface area contributed by atoms with Crippen molar-refractivity contribution >= 4 is 5.91 Å². The predicted octanol–water partition coefficient (Wildman–Crippen LogP) is 4.49. The molecule has 1 saturated heterocycles. The van der Waals surface area contributed by atoms with Gasteiger partial charge in [0.05, 0.1) is 29.1 Å². The van der Waals surface area contributed by atoms with Gasteiger partial charge in [-0.2, -0.15) is 18.3 Å². The van der Waals surface area contributed by atoms with Gasteiger partial charge < -0.3 is 10.1 Å². The molecule has 0 radical (unpaired) electrons. The van der Waals surface area contributed by atoms with Crippen molar-refractivity contribution in [2.24, 2.45) is 5.92 Å². The molecule has 168 valence electrons. The van der Waals surface area contributed by atoms with Crippen LogP contribution < -0.4 is 5.32 Å². The summed E-state index contributed by atoms with van der Waals surface area (Å²) < 4.78 is 45.6. The number of benzene rings is 1. The fraction of sp³-hybridized carbons (Fsp3) is 0.348. The third kappa shape index (κ3) is 4.67. The number of nitrogens with one attached hydrogen (secondary N) is 1. The summed E-state index contributed by atoms with van der Waals surface area (Å²) >= 11 is 0. The lowest BCUT2D eigenvalue weighted by Gasteiger charge is -2.32. The van der Waals surface area contributed by atoms with Crippen LogP contribution in [0.2, 0.25) is 0 Å². The Kier molecular flexibility index (Phi) is 6.27. The molecule has 2 atom stereocenters. The van der Waals surface area contributed by atoms with Crippen molar-refractivity contribution in [3.8, 4) is 5.82 Å². The molecule has 1 aliphatic rings. The number of halogens is 3. The van der Waals surface area contributed by atoms with Gasteiger partial charge in [0.15, 0.2) is 5.82 Å². The minimum absolute atomic E-state index is 0.0783. The molecule has 1 N–H and O–H groups in total. The van der Waals surface area contributed by atoms with Crippen LogP contribution in [0.4, 0.5) is 13.2 Å². The molecule has 32 heavy (non-hydrogen) atoms. The molecule has 1 aromatic carbocycles. The summed E-state index contributed by atoms with van der Waals surface area (Å²) in [6.07, 6.45) is -0.520. The molecule has 0 saturated carbocycles. The van der Waals surface area contributed by atoms with Crippen LogP contribution in [0, 0.1) is 12.8 Å². The Bertz CT molecular complexity index is 1070. The van der Waals surface area contributed by atoms with E-state index < -0.39 is 11.7 Å². The van der Waals surface area contributed by atoms with Gasteiger partial charge in [-0.05, 0) is 37.5 Å². The first-order valence-corrected chi connectivity index (χ1v) is 10.4. The smallest absolute Gasteiger partial charge is 0.373 e. The summed E-state index contributed by atoms with van der Waals surface area (Å²) in [6.45, 7) is 2.81. The monoisotopic (exact) mass is 444 g/mol. The van der Waals surface area contributed by atoms with Crippen LogP contribution in [0.1, 0.15) is 46.1 Å². The summed E-state index contributed by atoms with van der Waals surface area (Å²) in [7, 11) is 0. The highest BCUT2D eigenvalue weighted by molar-refractivity contribution is 5.95. The van der Waals surface area contributed by atoms with Crippen molar-refractivity contribution < 1.29 is 22.7 Å². The maximum atomic E-state index is 12.8. The van der Waals surface area contributed by atoms with E-state index in [2.05, 4.69) is 15.4 Å². The normalized spacial score (nSPS) is 19.0. The third-order valence-electron chi connectivity index (χ3n) is 5.64. The third-order valence-corrected chi connectivity index (χ3v) is 5.64. The van der Waals surface area contributed by atoms with Crippen molar-refractivity contribution in [1.82, 2.24) is 20.1 Å². The van der Waals surface area contributed by atoms with Crippen LogP contribution in [-0.4, -0.2) is 33.8 Å². The Morgan fingerprint density at radius 2 is 1.97 bits per heavy atom. The number of ether oxygens (including phenoxy) is 1. The van der Waals surface area contributed by atoms with Crippen molar-refractivity contribution in [2.75, 3.05) is 13.2 Å². The second-order valence-electron chi connectivity index (χ2n) is 7.77. The molecule has 0 aliphatic carbocycles. The number of carbonyl (C=O) groups is 1. The highest BCUT2D eigenvalue weighted by Gasteiger charge is 2.31. The Hall–Kier alpha value is -3.20. The number of aromatic nitrogens is 3. The zero-order chi connectivity index (χ0) is 22.7. The van der Waals surface area contributed by atoms with Crippen LogP contribution in [0.3, 0.4) is 0 Å². The van der Waals surface area contributed by atoms with Gasteiger partial charge in [-0.15, -0.1) is 0 Å². The summed E-state index contributed by atoms with van der Waals surface area (Å²) in [5.74, 6) is 0.0550. The standard InChI is InChI=1S/C23H23F3N4O2/c1-15-19(14-29-30(15)20-10-9-18(13-27-20)23(24,25)26)22(31)28-12-17-8-5-11-32-21(17)16-6-3-2-4-7-16/h2-4,6-7,9-10,13-14,17,21H,5,8,11-12H2,1H3,(H,28,31). The SMILES string of the molecule is Cc1c(C(=O)NCC2CCCOC2c2ccccc2)cnn1-c1ccc(C(F)(F)F)cn1. The Balaban J connectivity index is 1.45. The number of nitrogens with zero attached hydrogens (tertiary/aromatic N) is 3.